The van der Waals surface area contributed by atoms with Crippen LogP contribution in [0.5, 0.6) is 5.75 Å². The maximum Gasteiger partial charge on any atom is 0.335 e. The van der Waals surface area contributed by atoms with Crippen LogP contribution in [0.2, 0.25) is 5.02 Å². The average Bonchev–Trinajstić information content (AvgIpc) is 3.07. The number of nitrogens with zero attached hydrogens (tertiary/aromatic N) is 1. The third kappa shape index (κ3) is 5.27. The summed E-state index contributed by atoms with van der Waals surface area (Å²) in [6.07, 6.45) is 1.64. The molecule has 1 saturated heterocycles. The molecule has 0 aliphatic carbocycles. The Kier molecular flexibility index (Phi) is 6.82. The zero-order valence-electron chi connectivity index (χ0n) is 17.2. The number of para-hydroxylation sites is 1. The number of amides is 2. The summed E-state index contributed by atoms with van der Waals surface area (Å²) in [5, 5.41) is 9.15. The second-order valence-corrected chi connectivity index (χ2v) is 8.59. The molecular weight excluding hydrogens is 462 g/mol. The number of carboxylic acid groups (broad SMARTS) is 1. The molecule has 8 heteroatoms. The molecule has 1 N–H and O–H groups in total. The fourth-order valence-electron chi connectivity index (χ4n) is 3.21. The van der Waals surface area contributed by atoms with Crippen LogP contribution in [0.1, 0.15) is 27.0 Å². The Morgan fingerprint density at radius 2 is 1.70 bits per heavy atom. The lowest BCUT2D eigenvalue weighted by Gasteiger charge is -2.13. The van der Waals surface area contributed by atoms with Crippen molar-refractivity contribution in [2.45, 2.75) is 13.2 Å². The Balaban J connectivity index is 1.50. The standard InChI is InChI=1S/C25H18ClNO5S/c26-20-7-3-1-6-19(20)14-27-23(28)22(33-25(27)31)13-18-5-2-4-8-21(18)32-15-16-9-11-17(12-10-16)24(29)30/h1-13H,14-15H2,(H,29,30)/b22-13-. The van der Waals surface area contributed by atoms with Crippen molar-refractivity contribution < 1.29 is 24.2 Å². The van der Waals surface area contributed by atoms with Gasteiger partial charge in [0.15, 0.2) is 0 Å². The number of halogens is 1. The van der Waals surface area contributed by atoms with E-state index in [4.69, 9.17) is 21.4 Å². The first-order valence-corrected chi connectivity index (χ1v) is 11.1. The van der Waals surface area contributed by atoms with Crippen LogP contribution in [-0.4, -0.2) is 27.1 Å². The summed E-state index contributed by atoms with van der Waals surface area (Å²) in [5.41, 5.74) is 2.35. The van der Waals surface area contributed by atoms with Gasteiger partial charge in [-0.05, 0) is 53.2 Å². The van der Waals surface area contributed by atoms with Gasteiger partial charge >= 0.3 is 5.97 Å². The molecule has 4 rings (SSSR count). The monoisotopic (exact) mass is 479 g/mol. The molecular formula is C25H18ClNO5S. The first-order valence-electron chi connectivity index (χ1n) is 9.95. The minimum Gasteiger partial charge on any atom is -0.488 e. The number of thioether (sulfide) groups is 1. The van der Waals surface area contributed by atoms with Crippen LogP contribution in [0, 0.1) is 0 Å². The number of hydrogen-bond donors (Lipinski definition) is 1. The molecule has 6 nitrogen and oxygen atoms in total. The van der Waals surface area contributed by atoms with E-state index in [9.17, 15) is 14.4 Å². The molecule has 1 fully saturated rings. The van der Waals surface area contributed by atoms with Crippen LogP contribution in [0.15, 0.2) is 77.7 Å². The molecule has 0 spiro atoms. The third-order valence-corrected chi connectivity index (χ3v) is 6.24. The first-order chi connectivity index (χ1) is 15.9. The lowest BCUT2D eigenvalue weighted by molar-refractivity contribution is -0.123. The number of rotatable bonds is 7. The Labute approximate surface area is 199 Å². The predicted octanol–water partition coefficient (Wildman–Crippen LogP) is 5.85. The summed E-state index contributed by atoms with van der Waals surface area (Å²) in [7, 11) is 0. The van der Waals surface area contributed by atoms with Crippen LogP contribution in [0.4, 0.5) is 4.79 Å². The predicted molar refractivity (Wildman–Crippen MR) is 127 cm³/mol. The number of benzene rings is 3. The number of carboxylic acids is 1. The van der Waals surface area contributed by atoms with Gasteiger partial charge in [-0.1, -0.05) is 60.1 Å². The van der Waals surface area contributed by atoms with Gasteiger partial charge in [-0.15, -0.1) is 0 Å². The molecule has 1 aliphatic rings. The number of carbonyl (C=O) groups excluding carboxylic acids is 2. The fourth-order valence-corrected chi connectivity index (χ4v) is 4.24. The zero-order chi connectivity index (χ0) is 23.4. The summed E-state index contributed by atoms with van der Waals surface area (Å²) < 4.78 is 5.91. The normalized spacial score (nSPS) is 14.7. The fraction of sp³-hybridized carbons (Fsp3) is 0.0800. The number of imide groups is 1. The third-order valence-electron chi connectivity index (χ3n) is 4.96. The average molecular weight is 480 g/mol. The van der Waals surface area contributed by atoms with E-state index in [0.717, 1.165) is 17.3 Å². The van der Waals surface area contributed by atoms with Crippen LogP contribution in [-0.2, 0) is 17.9 Å². The molecule has 3 aromatic rings. The van der Waals surface area contributed by atoms with Crippen molar-refractivity contribution in [2.24, 2.45) is 0 Å². The highest BCUT2D eigenvalue weighted by atomic mass is 35.5. The molecule has 3 aromatic carbocycles. The van der Waals surface area contributed by atoms with E-state index < -0.39 is 5.97 Å². The van der Waals surface area contributed by atoms with Gasteiger partial charge in [0.05, 0.1) is 17.0 Å². The van der Waals surface area contributed by atoms with Crippen molar-refractivity contribution >= 4 is 46.6 Å². The highest BCUT2D eigenvalue weighted by molar-refractivity contribution is 8.18. The van der Waals surface area contributed by atoms with E-state index >= 15 is 0 Å². The zero-order valence-corrected chi connectivity index (χ0v) is 18.8. The highest BCUT2D eigenvalue weighted by Gasteiger charge is 2.35. The second-order valence-electron chi connectivity index (χ2n) is 7.19. The van der Waals surface area contributed by atoms with Crippen molar-refractivity contribution in [3.05, 3.63) is 105 Å². The molecule has 0 saturated carbocycles. The molecule has 1 heterocycles. The topological polar surface area (TPSA) is 83.9 Å². The summed E-state index contributed by atoms with van der Waals surface area (Å²) >= 11 is 7.05. The van der Waals surface area contributed by atoms with Crippen molar-refractivity contribution in [1.82, 2.24) is 4.90 Å². The van der Waals surface area contributed by atoms with E-state index in [1.807, 2.05) is 12.1 Å². The van der Waals surface area contributed by atoms with Crippen LogP contribution in [0.25, 0.3) is 6.08 Å². The van der Waals surface area contributed by atoms with E-state index in [1.165, 1.54) is 17.0 Å². The van der Waals surface area contributed by atoms with Crippen molar-refractivity contribution in [1.29, 1.82) is 0 Å². The van der Waals surface area contributed by atoms with Crippen LogP contribution in [0.3, 0.4) is 0 Å². The maximum atomic E-state index is 12.9. The highest BCUT2D eigenvalue weighted by Crippen LogP contribution is 2.35. The quantitative estimate of drug-likeness (QED) is 0.428. The molecule has 0 bridgehead atoms. The summed E-state index contributed by atoms with van der Waals surface area (Å²) in [4.78, 5) is 37.8. The number of aromatic carboxylic acids is 1. The Morgan fingerprint density at radius 3 is 2.42 bits per heavy atom. The van der Waals surface area contributed by atoms with Crippen molar-refractivity contribution in [2.75, 3.05) is 0 Å². The summed E-state index contributed by atoms with van der Waals surface area (Å²) in [5.74, 6) is -0.835. The number of hydrogen-bond acceptors (Lipinski definition) is 5. The minimum absolute atomic E-state index is 0.103. The summed E-state index contributed by atoms with van der Waals surface area (Å²) in [6, 6.07) is 20.7. The van der Waals surface area contributed by atoms with Gasteiger partial charge in [0.2, 0.25) is 0 Å². The number of ether oxygens (including phenoxy) is 1. The lowest BCUT2D eigenvalue weighted by Crippen LogP contribution is -2.27. The van der Waals surface area contributed by atoms with Gasteiger partial charge < -0.3 is 9.84 Å². The first kappa shape index (κ1) is 22.6. The second kappa shape index (κ2) is 9.94. The SMILES string of the molecule is O=C(O)c1ccc(COc2ccccc2/C=C2\SC(=O)N(Cc3ccccc3Cl)C2=O)cc1. The Hall–Kier alpha value is -3.55. The van der Waals surface area contributed by atoms with Crippen molar-refractivity contribution in [3.8, 4) is 5.75 Å². The van der Waals surface area contributed by atoms with Gasteiger partial charge in [-0.2, -0.15) is 0 Å². The van der Waals surface area contributed by atoms with Gasteiger partial charge in [0, 0.05) is 10.6 Å². The molecule has 0 radical (unpaired) electrons. The largest absolute Gasteiger partial charge is 0.488 e. The minimum atomic E-state index is -0.990. The van der Waals surface area contributed by atoms with Gasteiger partial charge in [0.1, 0.15) is 12.4 Å². The van der Waals surface area contributed by atoms with E-state index in [-0.39, 0.29) is 29.9 Å². The summed E-state index contributed by atoms with van der Waals surface area (Å²) in [6.45, 7) is 0.324. The maximum absolute atomic E-state index is 12.9. The molecule has 0 unspecified atom stereocenters. The van der Waals surface area contributed by atoms with Crippen LogP contribution < -0.4 is 4.74 Å². The molecule has 166 valence electrons. The van der Waals surface area contributed by atoms with Gasteiger partial charge in [-0.3, -0.25) is 14.5 Å². The lowest BCUT2D eigenvalue weighted by atomic mass is 10.1. The molecule has 2 amide bonds. The smallest absolute Gasteiger partial charge is 0.335 e. The van der Waals surface area contributed by atoms with E-state index in [2.05, 4.69) is 0 Å². The Morgan fingerprint density at radius 1 is 1.00 bits per heavy atom. The van der Waals surface area contributed by atoms with E-state index in [1.54, 1.807) is 54.6 Å². The number of carbonyl (C=O) groups is 3. The van der Waals surface area contributed by atoms with Gasteiger partial charge in [0.25, 0.3) is 11.1 Å². The molecule has 0 atom stereocenters. The van der Waals surface area contributed by atoms with Crippen LogP contribution >= 0.6 is 23.4 Å². The van der Waals surface area contributed by atoms with Crippen molar-refractivity contribution in [3.63, 3.8) is 0 Å². The molecule has 33 heavy (non-hydrogen) atoms. The molecule has 0 aromatic heterocycles. The molecule has 1 aliphatic heterocycles. The van der Waals surface area contributed by atoms with Gasteiger partial charge in [-0.25, -0.2) is 4.79 Å². The van der Waals surface area contributed by atoms with E-state index in [0.29, 0.717) is 26.8 Å². The Bertz CT molecular complexity index is 1260.